The van der Waals surface area contributed by atoms with Gasteiger partial charge in [-0.1, -0.05) is 0 Å². The Kier molecular flexibility index (Phi) is 5.10. The van der Waals surface area contributed by atoms with Crippen LogP contribution in [-0.4, -0.2) is 22.5 Å². The quantitative estimate of drug-likeness (QED) is 0.662. The van der Waals surface area contributed by atoms with Crippen LogP contribution in [0.25, 0.3) is 0 Å². The summed E-state index contributed by atoms with van der Waals surface area (Å²) in [5.41, 5.74) is 2.48. The minimum absolute atomic E-state index is 0.531. The molecule has 5 heteroatoms. The van der Waals surface area contributed by atoms with E-state index in [0.717, 1.165) is 24.7 Å². The highest BCUT2D eigenvalue weighted by Gasteiger charge is 2.28. The van der Waals surface area contributed by atoms with Crippen LogP contribution in [0, 0.1) is 0 Å². The van der Waals surface area contributed by atoms with Crippen LogP contribution in [0.3, 0.4) is 0 Å². The van der Waals surface area contributed by atoms with Gasteiger partial charge in [-0.05, 0) is 48.2 Å². The largest absolute Gasteiger partial charge is 0.296 e. The van der Waals surface area contributed by atoms with Gasteiger partial charge in [-0.15, -0.1) is 22.9 Å². The molecule has 1 fully saturated rings. The number of thiophene rings is 1. The summed E-state index contributed by atoms with van der Waals surface area (Å²) in [4.78, 5) is 7.17. The van der Waals surface area contributed by atoms with E-state index in [2.05, 4.69) is 32.1 Å². The number of hydrogen-bond donors (Lipinski definition) is 0. The summed E-state index contributed by atoms with van der Waals surface area (Å²) in [6, 6.07) is 3.07. The van der Waals surface area contributed by atoms with E-state index in [1.54, 1.807) is 22.7 Å². The monoisotopic (exact) mass is 326 g/mol. The standard InChI is InChI=1S/C15H19ClN2S2/c16-8-13-11-20-15(17-13)2-1-6-18(14-3-4-14)9-12-5-7-19-10-12/h5,7,10-11,14H,1-4,6,8-9H2. The lowest BCUT2D eigenvalue weighted by molar-refractivity contribution is 0.252. The van der Waals surface area contributed by atoms with E-state index in [9.17, 15) is 0 Å². The lowest BCUT2D eigenvalue weighted by atomic mass is 10.2. The molecule has 2 heterocycles. The SMILES string of the molecule is ClCc1csc(CCCN(Cc2ccsc2)C2CC2)n1. The number of nitrogens with zero attached hydrogens (tertiary/aromatic N) is 2. The Morgan fingerprint density at radius 3 is 2.90 bits per heavy atom. The summed E-state index contributed by atoms with van der Waals surface area (Å²) in [6.45, 7) is 2.29. The molecular formula is C15H19ClN2S2. The van der Waals surface area contributed by atoms with Gasteiger partial charge in [0.05, 0.1) is 16.6 Å². The highest BCUT2D eigenvalue weighted by atomic mass is 35.5. The third kappa shape index (κ3) is 4.04. The molecule has 108 valence electrons. The van der Waals surface area contributed by atoms with Crippen molar-refractivity contribution in [3.05, 3.63) is 38.5 Å². The average Bonchev–Trinajstić information content (AvgIpc) is 3.00. The van der Waals surface area contributed by atoms with E-state index in [4.69, 9.17) is 11.6 Å². The van der Waals surface area contributed by atoms with E-state index in [1.807, 2.05) is 0 Å². The van der Waals surface area contributed by atoms with E-state index < -0.39 is 0 Å². The predicted octanol–water partition coefficient (Wildman–Crippen LogP) is 4.54. The highest BCUT2D eigenvalue weighted by molar-refractivity contribution is 7.09. The molecule has 1 aliphatic carbocycles. The predicted molar refractivity (Wildman–Crippen MR) is 87.7 cm³/mol. The van der Waals surface area contributed by atoms with Gasteiger partial charge in [-0.2, -0.15) is 11.3 Å². The Bertz CT molecular complexity index is 520. The van der Waals surface area contributed by atoms with Crippen LogP contribution in [-0.2, 0) is 18.8 Å². The van der Waals surface area contributed by atoms with Crippen LogP contribution < -0.4 is 0 Å². The second-order valence-corrected chi connectivity index (χ2v) is 7.29. The maximum absolute atomic E-state index is 5.79. The minimum atomic E-state index is 0.531. The topological polar surface area (TPSA) is 16.1 Å². The first kappa shape index (κ1) is 14.5. The molecular weight excluding hydrogens is 308 g/mol. The maximum Gasteiger partial charge on any atom is 0.0929 e. The number of rotatable bonds is 8. The molecule has 0 bridgehead atoms. The van der Waals surface area contributed by atoms with Crippen molar-refractivity contribution in [2.45, 2.75) is 44.1 Å². The van der Waals surface area contributed by atoms with Crippen LogP contribution in [0.4, 0.5) is 0 Å². The molecule has 0 radical (unpaired) electrons. The van der Waals surface area contributed by atoms with Crippen molar-refractivity contribution in [3.8, 4) is 0 Å². The molecule has 0 N–H and O–H groups in total. The van der Waals surface area contributed by atoms with E-state index in [-0.39, 0.29) is 0 Å². The Labute approximate surface area is 133 Å². The van der Waals surface area contributed by atoms with Gasteiger partial charge >= 0.3 is 0 Å². The molecule has 0 spiro atoms. The number of halogens is 1. The molecule has 0 aromatic carbocycles. The first-order chi connectivity index (χ1) is 9.85. The fourth-order valence-electron chi connectivity index (χ4n) is 2.41. The van der Waals surface area contributed by atoms with Crippen molar-refractivity contribution >= 4 is 34.3 Å². The third-order valence-electron chi connectivity index (χ3n) is 3.60. The Morgan fingerprint density at radius 1 is 1.35 bits per heavy atom. The maximum atomic E-state index is 5.79. The Morgan fingerprint density at radius 2 is 2.25 bits per heavy atom. The number of aromatic nitrogens is 1. The summed E-state index contributed by atoms with van der Waals surface area (Å²) in [5, 5.41) is 7.74. The number of alkyl halides is 1. The summed E-state index contributed by atoms with van der Waals surface area (Å²) >= 11 is 9.33. The third-order valence-corrected chi connectivity index (χ3v) is 5.56. The first-order valence-corrected chi connectivity index (χ1v) is 9.45. The van der Waals surface area contributed by atoms with Crippen molar-refractivity contribution < 1.29 is 0 Å². The zero-order chi connectivity index (χ0) is 13.8. The summed E-state index contributed by atoms with van der Waals surface area (Å²) < 4.78 is 0. The van der Waals surface area contributed by atoms with Crippen molar-refractivity contribution in [3.63, 3.8) is 0 Å². The molecule has 1 aliphatic rings. The summed E-state index contributed by atoms with van der Waals surface area (Å²) in [5.74, 6) is 0.531. The van der Waals surface area contributed by atoms with Gasteiger partial charge in [-0.25, -0.2) is 4.98 Å². The van der Waals surface area contributed by atoms with Gasteiger partial charge in [0.15, 0.2) is 0 Å². The Balaban J connectivity index is 1.47. The lowest BCUT2D eigenvalue weighted by Crippen LogP contribution is -2.26. The lowest BCUT2D eigenvalue weighted by Gasteiger charge is -2.21. The fourth-order valence-corrected chi connectivity index (χ4v) is 4.13. The molecule has 0 unspecified atom stereocenters. The van der Waals surface area contributed by atoms with E-state index in [0.29, 0.717) is 5.88 Å². The van der Waals surface area contributed by atoms with Crippen LogP contribution >= 0.6 is 34.3 Å². The van der Waals surface area contributed by atoms with Crippen LogP contribution in [0.1, 0.15) is 35.5 Å². The van der Waals surface area contributed by atoms with Gasteiger partial charge < -0.3 is 0 Å². The van der Waals surface area contributed by atoms with Crippen LogP contribution in [0.5, 0.6) is 0 Å². The first-order valence-electron chi connectivity index (χ1n) is 7.09. The molecule has 0 amide bonds. The van der Waals surface area contributed by atoms with Gasteiger partial charge in [0.2, 0.25) is 0 Å². The summed E-state index contributed by atoms with van der Waals surface area (Å²) in [6.07, 6.45) is 5.01. The smallest absolute Gasteiger partial charge is 0.0929 e. The van der Waals surface area contributed by atoms with Crippen molar-refractivity contribution in [1.29, 1.82) is 0 Å². The molecule has 20 heavy (non-hydrogen) atoms. The number of thiazole rings is 1. The van der Waals surface area contributed by atoms with Gasteiger partial charge in [0.25, 0.3) is 0 Å². The Hall–Kier alpha value is -0.420. The van der Waals surface area contributed by atoms with Crippen molar-refractivity contribution in [1.82, 2.24) is 9.88 Å². The zero-order valence-electron chi connectivity index (χ0n) is 11.4. The summed E-state index contributed by atoms with van der Waals surface area (Å²) in [7, 11) is 0. The van der Waals surface area contributed by atoms with E-state index >= 15 is 0 Å². The molecule has 0 atom stereocenters. The van der Waals surface area contributed by atoms with Crippen LogP contribution in [0.2, 0.25) is 0 Å². The van der Waals surface area contributed by atoms with Crippen molar-refractivity contribution in [2.75, 3.05) is 6.54 Å². The second-order valence-electron chi connectivity index (χ2n) is 5.30. The molecule has 2 aromatic heterocycles. The van der Waals surface area contributed by atoms with Crippen LogP contribution in [0.15, 0.2) is 22.2 Å². The molecule has 1 saturated carbocycles. The molecule has 3 rings (SSSR count). The minimum Gasteiger partial charge on any atom is -0.296 e. The average molecular weight is 327 g/mol. The highest BCUT2D eigenvalue weighted by Crippen LogP contribution is 2.29. The van der Waals surface area contributed by atoms with Gasteiger partial charge in [-0.3, -0.25) is 4.90 Å². The van der Waals surface area contributed by atoms with Gasteiger partial charge in [0.1, 0.15) is 0 Å². The second kappa shape index (κ2) is 7.03. The molecule has 2 nitrogen and oxygen atoms in total. The normalized spacial score (nSPS) is 15.1. The molecule has 2 aromatic rings. The fraction of sp³-hybridized carbons (Fsp3) is 0.533. The molecule has 0 aliphatic heterocycles. The van der Waals surface area contributed by atoms with Crippen molar-refractivity contribution in [2.24, 2.45) is 0 Å². The van der Waals surface area contributed by atoms with E-state index in [1.165, 1.54) is 36.4 Å². The van der Waals surface area contributed by atoms with Gasteiger partial charge in [0, 0.05) is 24.4 Å². The molecule has 0 saturated heterocycles. The zero-order valence-corrected chi connectivity index (χ0v) is 13.8. The number of aryl methyl sites for hydroxylation is 1. The number of hydrogen-bond acceptors (Lipinski definition) is 4.